The minimum Gasteiger partial charge on any atom is -0.337 e. The van der Waals surface area contributed by atoms with Crippen LogP contribution in [0.25, 0.3) is 0 Å². The van der Waals surface area contributed by atoms with E-state index in [1.54, 1.807) is 11.1 Å². The highest BCUT2D eigenvalue weighted by atomic mass is 16.2. The zero-order valence-corrected chi connectivity index (χ0v) is 14.0. The van der Waals surface area contributed by atoms with Crippen molar-refractivity contribution in [1.82, 2.24) is 14.5 Å². The molecule has 0 bridgehead atoms. The van der Waals surface area contributed by atoms with Crippen molar-refractivity contribution >= 4 is 5.91 Å². The third-order valence-corrected chi connectivity index (χ3v) is 4.19. The number of aromatic nitrogens is 2. The highest BCUT2D eigenvalue weighted by molar-refractivity contribution is 5.87. The molecule has 1 amide bonds. The SMILES string of the molecule is CN(Cc1nccn1C)C(=O)C(c1ccccc1)c1ccccc1. The Morgan fingerprint density at radius 1 is 1.04 bits per heavy atom. The van der Waals surface area contributed by atoms with Crippen LogP contribution < -0.4 is 0 Å². The molecule has 3 aromatic rings. The minimum atomic E-state index is -0.308. The van der Waals surface area contributed by atoms with Crippen molar-refractivity contribution in [2.45, 2.75) is 12.5 Å². The fourth-order valence-electron chi connectivity index (χ4n) is 2.83. The van der Waals surface area contributed by atoms with Gasteiger partial charge in [0.15, 0.2) is 0 Å². The Kier molecular flexibility index (Phi) is 4.75. The van der Waals surface area contributed by atoms with Gasteiger partial charge in [0.05, 0.1) is 12.5 Å². The molecule has 4 nitrogen and oxygen atoms in total. The largest absolute Gasteiger partial charge is 0.337 e. The molecular formula is C20H21N3O. The number of carbonyl (C=O) groups is 1. The molecule has 0 unspecified atom stereocenters. The number of aryl methyl sites for hydroxylation is 1. The molecule has 0 saturated carbocycles. The Morgan fingerprint density at radius 3 is 2.04 bits per heavy atom. The van der Waals surface area contributed by atoms with Crippen LogP contribution in [-0.4, -0.2) is 27.4 Å². The smallest absolute Gasteiger partial charge is 0.234 e. The van der Waals surface area contributed by atoms with Crippen molar-refractivity contribution in [3.63, 3.8) is 0 Å². The van der Waals surface area contributed by atoms with Crippen LogP contribution in [0.2, 0.25) is 0 Å². The first kappa shape index (κ1) is 16.0. The Bertz CT molecular complexity index is 757. The van der Waals surface area contributed by atoms with E-state index in [4.69, 9.17) is 0 Å². The maximum absolute atomic E-state index is 13.2. The van der Waals surface area contributed by atoms with Gasteiger partial charge in [-0.3, -0.25) is 4.79 Å². The van der Waals surface area contributed by atoms with Crippen molar-refractivity contribution in [2.24, 2.45) is 7.05 Å². The van der Waals surface area contributed by atoms with Gasteiger partial charge in [0.2, 0.25) is 5.91 Å². The normalized spacial score (nSPS) is 10.8. The summed E-state index contributed by atoms with van der Waals surface area (Å²) in [6.07, 6.45) is 3.64. The lowest BCUT2D eigenvalue weighted by molar-refractivity contribution is -0.131. The van der Waals surface area contributed by atoms with E-state index in [9.17, 15) is 4.79 Å². The second kappa shape index (κ2) is 7.13. The quantitative estimate of drug-likeness (QED) is 0.724. The number of hydrogen-bond acceptors (Lipinski definition) is 2. The van der Waals surface area contributed by atoms with Crippen molar-refractivity contribution < 1.29 is 4.79 Å². The van der Waals surface area contributed by atoms with Gasteiger partial charge in [0, 0.05) is 26.5 Å². The van der Waals surface area contributed by atoms with Crippen LogP contribution in [0.5, 0.6) is 0 Å². The maximum Gasteiger partial charge on any atom is 0.234 e. The molecule has 0 radical (unpaired) electrons. The Labute approximate surface area is 142 Å². The first-order valence-corrected chi connectivity index (χ1v) is 7.98. The van der Waals surface area contributed by atoms with E-state index in [1.807, 2.05) is 85.5 Å². The maximum atomic E-state index is 13.2. The van der Waals surface area contributed by atoms with E-state index in [0.717, 1.165) is 17.0 Å². The molecule has 1 heterocycles. The average Bonchev–Trinajstić information content (AvgIpc) is 3.02. The monoisotopic (exact) mass is 319 g/mol. The third-order valence-electron chi connectivity index (χ3n) is 4.19. The molecule has 0 spiro atoms. The zero-order chi connectivity index (χ0) is 16.9. The molecule has 2 aromatic carbocycles. The lowest BCUT2D eigenvalue weighted by Gasteiger charge is -2.24. The summed E-state index contributed by atoms with van der Waals surface area (Å²) in [5.41, 5.74) is 2.00. The van der Waals surface area contributed by atoms with Crippen molar-refractivity contribution in [3.8, 4) is 0 Å². The van der Waals surface area contributed by atoms with Crippen LogP contribution in [0, 0.1) is 0 Å². The first-order chi connectivity index (χ1) is 11.7. The van der Waals surface area contributed by atoms with Crippen molar-refractivity contribution in [1.29, 1.82) is 0 Å². The van der Waals surface area contributed by atoms with Gasteiger partial charge in [0.25, 0.3) is 0 Å². The van der Waals surface area contributed by atoms with Crippen molar-refractivity contribution in [2.75, 3.05) is 7.05 Å². The van der Waals surface area contributed by atoms with Crippen LogP contribution in [-0.2, 0) is 18.4 Å². The van der Waals surface area contributed by atoms with E-state index in [1.165, 1.54) is 0 Å². The highest BCUT2D eigenvalue weighted by Crippen LogP contribution is 2.26. The molecule has 122 valence electrons. The standard InChI is InChI=1S/C20H21N3O/c1-22-14-13-21-18(22)15-23(2)20(24)19(16-9-5-3-6-10-16)17-11-7-4-8-12-17/h3-14,19H,15H2,1-2H3. The summed E-state index contributed by atoms with van der Waals surface area (Å²) in [6.45, 7) is 0.485. The molecule has 0 aliphatic rings. The molecule has 0 N–H and O–H groups in total. The number of hydrogen-bond donors (Lipinski definition) is 0. The second-order valence-electron chi connectivity index (χ2n) is 5.90. The van der Waals surface area contributed by atoms with Crippen LogP contribution in [0.4, 0.5) is 0 Å². The molecule has 0 fully saturated rings. The Morgan fingerprint density at radius 2 is 1.58 bits per heavy atom. The van der Waals surface area contributed by atoms with Gasteiger partial charge in [-0.1, -0.05) is 60.7 Å². The third kappa shape index (κ3) is 3.38. The molecule has 0 aliphatic carbocycles. The number of nitrogens with zero attached hydrogens (tertiary/aromatic N) is 3. The summed E-state index contributed by atoms with van der Waals surface area (Å²) < 4.78 is 1.93. The summed E-state index contributed by atoms with van der Waals surface area (Å²) >= 11 is 0. The van der Waals surface area contributed by atoms with Gasteiger partial charge in [-0.25, -0.2) is 4.98 Å². The molecule has 4 heteroatoms. The topological polar surface area (TPSA) is 38.1 Å². The molecule has 0 aliphatic heterocycles. The number of amides is 1. The summed E-state index contributed by atoms with van der Waals surface area (Å²) in [4.78, 5) is 19.2. The van der Waals surface area contributed by atoms with Crippen LogP contribution in [0.3, 0.4) is 0 Å². The van der Waals surface area contributed by atoms with E-state index in [0.29, 0.717) is 6.54 Å². The zero-order valence-electron chi connectivity index (χ0n) is 14.0. The average molecular weight is 319 g/mol. The number of carbonyl (C=O) groups excluding carboxylic acids is 1. The lowest BCUT2D eigenvalue weighted by Crippen LogP contribution is -2.32. The van der Waals surface area contributed by atoms with E-state index >= 15 is 0 Å². The Balaban J connectivity index is 1.90. The Hall–Kier alpha value is -2.88. The van der Waals surface area contributed by atoms with Crippen molar-refractivity contribution in [3.05, 3.63) is 90.0 Å². The van der Waals surface area contributed by atoms with Gasteiger partial charge >= 0.3 is 0 Å². The summed E-state index contributed by atoms with van der Waals surface area (Å²) in [5.74, 6) is 0.624. The van der Waals surface area contributed by atoms with E-state index < -0.39 is 0 Å². The molecule has 0 saturated heterocycles. The summed E-state index contributed by atoms with van der Waals surface area (Å²) in [7, 11) is 3.77. The van der Waals surface area contributed by atoms with Gasteiger partial charge < -0.3 is 9.47 Å². The van der Waals surface area contributed by atoms with Gasteiger partial charge in [-0.2, -0.15) is 0 Å². The fraction of sp³-hybridized carbons (Fsp3) is 0.200. The fourth-order valence-corrected chi connectivity index (χ4v) is 2.83. The van der Waals surface area contributed by atoms with Gasteiger partial charge in [-0.15, -0.1) is 0 Å². The predicted octanol–water partition coefficient (Wildman–Crippen LogP) is 3.21. The van der Waals surface area contributed by atoms with Crippen LogP contribution in [0.1, 0.15) is 22.9 Å². The second-order valence-corrected chi connectivity index (χ2v) is 5.90. The van der Waals surface area contributed by atoms with Crippen LogP contribution in [0.15, 0.2) is 73.1 Å². The molecular weight excluding hydrogens is 298 g/mol. The predicted molar refractivity (Wildman–Crippen MR) is 94.4 cm³/mol. The molecule has 3 rings (SSSR count). The first-order valence-electron chi connectivity index (χ1n) is 7.98. The number of imidazole rings is 1. The summed E-state index contributed by atoms with van der Waals surface area (Å²) in [6, 6.07) is 19.8. The highest BCUT2D eigenvalue weighted by Gasteiger charge is 2.26. The molecule has 0 atom stereocenters. The van der Waals surface area contributed by atoms with Crippen LogP contribution >= 0.6 is 0 Å². The molecule has 24 heavy (non-hydrogen) atoms. The molecule has 1 aromatic heterocycles. The van der Waals surface area contributed by atoms with E-state index in [2.05, 4.69) is 4.98 Å². The lowest BCUT2D eigenvalue weighted by atomic mass is 9.90. The van der Waals surface area contributed by atoms with Gasteiger partial charge in [0.1, 0.15) is 5.82 Å². The number of likely N-dealkylation sites (N-methyl/N-ethyl adjacent to an activating group) is 1. The number of rotatable bonds is 5. The van der Waals surface area contributed by atoms with Gasteiger partial charge in [-0.05, 0) is 11.1 Å². The summed E-state index contributed by atoms with van der Waals surface area (Å²) in [5, 5.41) is 0. The van der Waals surface area contributed by atoms with E-state index in [-0.39, 0.29) is 11.8 Å². The number of benzene rings is 2. The minimum absolute atomic E-state index is 0.0652.